The average Bonchev–Trinajstić information content (AvgIpc) is 3.29. The van der Waals surface area contributed by atoms with Gasteiger partial charge in [0, 0.05) is 22.3 Å². The number of nitrogens with one attached hydrogen (secondary N) is 1. The molecule has 1 fully saturated rings. The van der Waals surface area contributed by atoms with Crippen molar-refractivity contribution in [2.24, 2.45) is 0 Å². The molecule has 4 rings (SSSR count). The zero-order chi connectivity index (χ0) is 26.4. The second kappa shape index (κ2) is 11.7. The van der Waals surface area contributed by atoms with Gasteiger partial charge in [-0.1, -0.05) is 61.7 Å². The lowest BCUT2D eigenvalue weighted by Crippen LogP contribution is -2.48. The first kappa shape index (κ1) is 25.9. The van der Waals surface area contributed by atoms with E-state index in [1.54, 1.807) is 24.3 Å². The summed E-state index contributed by atoms with van der Waals surface area (Å²) < 4.78 is 15.6. The number of nitrogens with zero attached hydrogens (tertiary/aromatic N) is 5. The van der Waals surface area contributed by atoms with Crippen LogP contribution in [0.1, 0.15) is 49.4 Å². The number of rotatable bonds is 7. The monoisotopic (exact) mass is 518 g/mol. The fraction of sp³-hybridized carbons (Fsp3) is 0.296. The maximum atomic E-state index is 14.3. The second-order valence-electron chi connectivity index (χ2n) is 8.78. The molecule has 0 radical (unpaired) electrons. The molecule has 3 aromatic rings. The molecule has 188 valence electrons. The van der Waals surface area contributed by atoms with Crippen LogP contribution in [0.4, 0.5) is 15.9 Å². The largest absolute Gasteiger partial charge is 0.361 e. The Balaban J connectivity index is 1.80. The fourth-order valence-corrected chi connectivity index (χ4v) is 4.83. The van der Waals surface area contributed by atoms with E-state index < -0.39 is 30.2 Å². The molecule has 0 saturated heterocycles. The van der Waals surface area contributed by atoms with E-state index in [0.717, 1.165) is 32.1 Å². The highest BCUT2D eigenvalue weighted by atomic mass is 35.5. The Labute approximate surface area is 219 Å². The van der Waals surface area contributed by atoms with Gasteiger partial charge in [-0.15, -0.1) is 0 Å². The van der Waals surface area contributed by atoms with Crippen molar-refractivity contribution in [1.29, 1.82) is 5.26 Å². The predicted molar refractivity (Wildman–Crippen MR) is 136 cm³/mol. The topological polar surface area (TPSA) is 95.4 Å². The highest BCUT2D eigenvalue weighted by Gasteiger charge is 2.36. The molecule has 2 aromatic carbocycles. The summed E-state index contributed by atoms with van der Waals surface area (Å²) in [4.78, 5) is 36.1. The number of hydrogen-bond acceptors (Lipinski definition) is 4. The van der Waals surface area contributed by atoms with E-state index in [4.69, 9.17) is 18.2 Å². The third-order valence-electron chi connectivity index (χ3n) is 6.34. The molecule has 1 saturated carbocycles. The number of carbonyl (C=O) groups excluding carboxylic acids is 2. The van der Waals surface area contributed by atoms with Gasteiger partial charge < -0.3 is 10.2 Å². The van der Waals surface area contributed by atoms with Gasteiger partial charge in [0.1, 0.15) is 17.9 Å². The molecule has 1 aliphatic carbocycles. The van der Waals surface area contributed by atoms with E-state index >= 15 is 0 Å². The molecular weight excluding hydrogens is 495 g/mol. The average molecular weight is 519 g/mol. The Kier molecular flexibility index (Phi) is 8.17. The summed E-state index contributed by atoms with van der Waals surface area (Å²) in [7, 11) is 0. The number of aromatic nitrogens is 2. The van der Waals surface area contributed by atoms with Crippen molar-refractivity contribution in [3.05, 3.63) is 88.4 Å². The number of imidazole rings is 1. The standard InChI is InChI=1S/C27H24ClFN6O2/c1-31-26-23(15-30)32-17-34(26)16-24(36)35(20-11-7-8-18(29)14-20)25(21-12-5-6-13-22(21)28)27(37)33-19-9-3-2-4-10-19/h5-8,11-14,17,19,25H,2-4,9-10,16H2,(H,33,37). The van der Waals surface area contributed by atoms with Crippen molar-refractivity contribution < 1.29 is 14.0 Å². The number of carbonyl (C=O) groups is 2. The van der Waals surface area contributed by atoms with Gasteiger partial charge in [0.25, 0.3) is 11.7 Å². The van der Waals surface area contributed by atoms with Crippen LogP contribution in [0.2, 0.25) is 5.02 Å². The van der Waals surface area contributed by atoms with Crippen LogP contribution < -0.4 is 10.2 Å². The molecule has 0 bridgehead atoms. The molecule has 8 nitrogen and oxygen atoms in total. The predicted octanol–water partition coefficient (Wildman–Crippen LogP) is 5.32. The fourth-order valence-electron chi connectivity index (χ4n) is 4.59. The van der Waals surface area contributed by atoms with Crippen LogP contribution in [0.15, 0.2) is 54.9 Å². The zero-order valence-corrected chi connectivity index (χ0v) is 20.7. The van der Waals surface area contributed by atoms with Gasteiger partial charge in [0.05, 0.1) is 0 Å². The molecule has 0 aliphatic heterocycles. The summed E-state index contributed by atoms with van der Waals surface area (Å²) in [6.45, 7) is 7.00. The van der Waals surface area contributed by atoms with E-state index in [1.807, 2.05) is 6.07 Å². The van der Waals surface area contributed by atoms with Gasteiger partial charge in [-0.05, 0) is 37.1 Å². The molecular formula is C27H24ClFN6O2. The third kappa shape index (κ3) is 5.79. The SMILES string of the molecule is [C-]#[N+]c1c(C#N)ncn1CC(=O)N(c1cccc(F)c1)C(C(=O)NC1CCCCC1)c1ccccc1Cl. The molecule has 1 unspecified atom stereocenters. The normalized spacial score (nSPS) is 14.3. The Hall–Kier alpha value is -4.21. The molecule has 0 spiro atoms. The van der Waals surface area contributed by atoms with Crippen LogP contribution >= 0.6 is 11.6 Å². The maximum absolute atomic E-state index is 14.3. The number of benzene rings is 2. The van der Waals surface area contributed by atoms with Gasteiger partial charge in [-0.25, -0.2) is 9.37 Å². The number of anilines is 1. The first-order valence-electron chi connectivity index (χ1n) is 11.9. The van der Waals surface area contributed by atoms with E-state index in [1.165, 1.54) is 40.1 Å². The van der Waals surface area contributed by atoms with Crippen LogP contribution in [0, 0.1) is 23.7 Å². The summed E-state index contributed by atoms with van der Waals surface area (Å²) in [5.41, 5.74) is 0.417. The highest BCUT2D eigenvalue weighted by Crippen LogP contribution is 2.34. The lowest BCUT2D eigenvalue weighted by Gasteiger charge is -2.33. The first-order chi connectivity index (χ1) is 17.9. The molecule has 10 heteroatoms. The van der Waals surface area contributed by atoms with Crippen molar-refractivity contribution >= 4 is 34.9 Å². The number of hydrogen-bond donors (Lipinski definition) is 1. The van der Waals surface area contributed by atoms with Gasteiger partial charge in [0.15, 0.2) is 18.6 Å². The Morgan fingerprint density at radius 2 is 2.00 bits per heavy atom. The molecule has 1 N–H and O–H groups in total. The van der Waals surface area contributed by atoms with Crippen molar-refractivity contribution in [1.82, 2.24) is 14.9 Å². The van der Waals surface area contributed by atoms with Crippen LogP contribution in [0.5, 0.6) is 0 Å². The maximum Gasteiger partial charge on any atom is 0.268 e. The van der Waals surface area contributed by atoms with E-state index in [-0.39, 0.29) is 28.3 Å². The quantitative estimate of drug-likeness (QED) is 0.428. The Morgan fingerprint density at radius 1 is 1.24 bits per heavy atom. The van der Waals surface area contributed by atoms with E-state index in [2.05, 4.69) is 15.1 Å². The van der Waals surface area contributed by atoms with Gasteiger partial charge in [0.2, 0.25) is 5.91 Å². The molecule has 1 atom stereocenters. The van der Waals surface area contributed by atoms with Crippen LogP contribution in [-0.2, 0) is 16.1 Å². The van der Waals surface area contributed by atoms with Gasteiger partial charge in [-0.2, -0.15) is 5.26 Å². The molecule has 1 heterocycles. The molecule has 1 aromatic heterocycles. The third-order valence-corrected chi connectivity index (χ3v) is 6.68. The first-order valence-corrected chi connectivity index (χ1v) is 12.3. The Bertz CT molecular complexity index is 1390. The summed E-state index contributed by atoms with van der Waals surface area (Å²) >= 11 is 6.52. The summed E-state index contributed by atoms with van der Waals surface area (Å²) in [6.07, 6.45) is 5.98. The summed E-state index contributed by atoms with van der Waals surface area (Å²) in [5, 5.41) is 12.6. The number of halogens is 2. The molecule has 1 aliphatic rings. The number of amides is 2. The minimum Gasteiger partial charge on any atom is -0.361 e. The second-order valence-corrected chi connectivity index (χ2v) is 9.19. The van der Waals surface area contributed by atoms with E-state index in [0.29, 0.717) is 5.56 Å². The van der Waals surface area contributed by atoms with Crippen molar-refractivity contribution in [3.63, 3.8) is 0 Å². The van der Waals surface area contributed by atoms with E-state index in [9.17, 15) is 19.2 Å². The summed E-state index contributed by atoms with van der Waals surface area (Å²) in [5.74, 6) is -1.74. The molecule has 2 amide bonds. The zero-order valence-electron chi connectivity index (χ0n) is 19.9. The van der Waals surface area contributed by atoms with Crippen LogP contribution in [0.3, 0.4) is 0 Å². The van der Waals surface area contributed by atoms with Gasteiger partial charge in [-0.3, -0.25) is 19.1 Å². The van der Waals surface area contributed by atoms with Crippen molar-refractivity contribution in [2.75, 3.05) is 4.90 Å². The number of nitriles is 1. The lowest BCUT2D eigenvalue weighted by atomic mass is 9.94. The minimum atomic E-state index is -1.21. The van der Waals surface area contributed by atoms with Crippen LogP contribution in [-0.4, -0.2) is 27.4 Å². The van der Waals surface area contributed by atoms with Crippen molar-refractivity contribution in [2.45, 2.75) is 50.7 Å². The van der Waals surface area contributed by atoms with Gasteiger partial charge >= 0.3 is 0 Å². The van der Waals surface area contributed by atoms with Crippen LogP contribution in [0.25, 0.3) is 4.85 Å². The lowest BCUT2D eigenvalue weighted by molar-refractivity contribution is -0.127. The smallest absolute Gasteiger partial charge is 0.268 e. The molecule has 37 heavy (non-hydrogen) atoms. The summed E-state index contributed by atoms with van der Waals surface area (Å²) in [6, 6.07) is 12.7. The Morgan fingerprint density at radius 3 is 2.68 bits per heavy atom. The minimum absolute atomic E-state index is 0.0451. The van der Waals surface area contributed by atoms with Crippen molar-refractivity contribution in [3.8, 4) is 6.07 Å². The highest BCUT2D eigenvalue weighted by molar-refractivity contribution is 6.31.